The van der Waals surface area contributed by atoms with Crippen molar-refractivity contribution in [1.29, 1.82) is 0 Å². The van der Waals surface area contributed by atoms with Gasteiger partial charge in [-0.05, 0) is 73.2 Å². The molecule has 0 radical (unpaired) electrons. The number of halogens is 3. The Balaban J connectivity index is 1.64. The van der Waals surface area contributed by atoms with Crippen LogP contribution < -0.4 is 5.32 Å². The number of hydrogen-bond acceptors (Lipinski definition) is 4. The predicted molar refractivity (Wildman–Crippen MR) is 154 cm³/mol. The summed E-state index contributed by atoms with van der Waals surface area (Å²) in [4.78, 5) is 28.0. The Kier molecular flexibility index (Phi) is 8.47. The normalized spacial score (nSPS) is 17.4. The minimum Gasteiger partial charge on any atom is -0.453 e. The maximum Gasteiger partial charge on any atom is 0.410 e. The highest BCUT2D eigenvalue weighted by Gasteiger charge is 2.35. The quantitative estimate of drug-likeness (QED) is 0.346. The standard InChI is InChI=1S/C30H31Cl2FN4O3/c1-18(20-6-4-3-5-7-20)34-29(38)27-24-17-36(30(39)40-2)16-21(14-19-8-11-23(33)12-9-19)28(24)37(35-27)26-13-10-22(31)15-25(26)32/h8-15,18,20H,3-7,16-17H2,1-2H3,(H,34,38)/b21-14+. The second-order valence-corrected chi connectivity index (χ2v) is 11.2. The lowest BCUT2D eigenvalue weighted by atomic mass is 9.84. The monoisotopic (exact) mass is 584 g/mol. The Labute approximate surface area is 242 Å². The van der Waals surface area contributed by atoms with E-state index in [1.807, 2.05) is 13.0 Å². The maximum atomic E-state index is 13.8. The van der Waals surface area contributed by atoms with Crippen molar-refractivity contribution in [2.45, 2.75) is 51.6 Å². The number of fused-ring (bicyclic) bond motifs is 1. The summed E-state index contributed by atoms with van der Waals surface area (Å²) < 4.78 is 20.3. The Morgan fingerprint density at radius 3 is 2.50 bits per heavy atom. The summed E-state index contributed by atoms with van der Waals surface area (Å²) in [7, 11) is 1.32. The van der Waals surface area contributed by atoms with Gasteiger partial charge in [0.25, 0.3) is 5.91 Å². The molecule has 210 valence electrons. The summed E-state index contributed by atoms with van der Waals surface area (Å²) in [5, 5.41) is 8.77. The van der Waals surface area contributed by atoms with Crippen LogP contribution >= 0.6 is 23.2 Å². The van der Waals surface area contributed by atoms with Crippen LogP contribution in [-0.4, -0.2) is 46.4 Å². The first kappa shape index (κ1) is 28.2. The molecule has 1 fully saturated rings. The lowest BCUT2D eigenvalue weighted by Crippen LogP contribution is -2.40. The molecule has 2 amide bonds. The zero-order chi connectivity index (χ0) is 28.4. The minimum absolute atomic E-state index is 0.0257. The van der Waals surface area contributed by atoms with Crippen LogP contribution in [0, 0.1) is 11.7 Å². The molecule has 0 saturated heterocycles. The van der Waals surface area contributed by atoms with Crippen molar-refractivity contribution in [1.82, 2.24) is 20.0 Å². The van der Waals surface area contributed by atoms with Crippen LogP contribution in [0.25, 0.3) is 17.3 Å². The minimum atomic E-state index is -0.533. The highest BCUT2D eigenvalue weighted by atomic mass is 35.5. The molecule has 1 aliphatic carbocycles. The van der Waals surface area contributed by atoms with Crippen LogP contribution in [0.15, 0.2) is 42.5 Å². The van der Waals surface area contributed by atoms with E-state index in [1.165, 1.54) is 30.6 Å². The molecule has 1 unspecified atom stereocenters. The third kappa shape index (κ3) is 5.88. The zero-order valence-electron chi connectivity index (χ0n) is 22.4. The van der Waals surface area contributed by atoms with Crippen LogP contribution in [0.3, 0.4) is 0 Å². The van der Waals surface area contributed by atoms with Crippen molar-refractivity contribution < 1.29 is 18.7 Å². The number of carbonyl (C=O) groups is 2. The molecule has 7 nitrogen and oxygen atoms in total. The molecule has 0 spiro atoms. The van der Waals surface area contributed by atoms with Crippen molar-refractivity contribution in [2.24, 2.45) is 5.92 Å². The van der Waals surface area contributed by atoms with Gasteiger partial charge in [-0.15, -0.1) is 0 Å². The van der Waals surface area contributed by atoms with Crippen LogP contribution in [-0.2, 0) is 11.3 Å². The number of methoxy groups -OCH3 is 1. The van der Waals surface area contributed by atoms with E-state index in [9.17, 15) is 14.0 Å². The van der Waals surface area contributed by atoms with Crippen LogP contribution in [0.2, 0.25) is 10.0 Å². The fourth-order valence-corrected chi connectivity index (χ4v) is 6.12. The van der Waals surface area contributed by atoms with Crippen molar-refractivity contribution in [3.8, 4) is 5.69 Å². The number of hydrogen-bond donors (Lipinski definition) is 1. The zero-order valence-corrected chi connectivity index (χ0v) is 23.9. The maximum absolute atomic E-state index is 13.8. The van der Waals surface area contributed by atoms with E-state index in [4.69, 9.17) is 33.0 Å². The van der Waals surface area contributed by atoms with Crippen LogP contribution in [0.4, 0.5) is 9.18 Å². The Morgan fingerprint density at radius 1 is 1.10 bits per heavy atom. The first-order valence-electron chi connectivity index (χ1n) is 13.4. The first-order chi connectivity index (χ1) is 19.2. The molecule has 10 heteroatoms. The molecule has 0 bridgehead atoms. The smallest absolute Gasteiger partial charge is 0.410 e. The van der Waals surface area contributed by atoms with Crippen molar-refractivity contribution in [2.75, 3.05) is 13.7 Å². The van der Waals surface area contributed by atoms with Gasteiger partial charge in [-0.3, -0.25) is 9.69 Å². The highest BCUT2D eigenvalue weighted by molar-refractivity contribution is 6.35. The predicted octanol–water partition coefficient (Wildman–Crippen LogP) is 7.14. The molecule has 3 aromatic rings. The first-order valence-corrected chi connectivity index (χ1v) is 14.2. The molecular weight excluding hydrogens is 554 g/mol. The molecule has 2 aromatic carbocycles. The molecule has 2 aliphatic rings. The van der Waals surface area contributed by atoms with Gasteiger partial charge < -0.3 is 10.1 Å². The summed E-state index contributed by atoms with van der Waals surface area (Å²) >= 11 is 12.8. The van der Waals surface area contributed by atoms with Gasteiger partial charge in [-0.1, -0.05) is 54.6 Å². The van der Waals surface area contributed by atoms with E-state index in [-0.39, 0.29) is 36.5 Å². The molecule has 5 rings (SSSR count). The van der Waals surface area contributed by atoms with Gasteiger partial charge in [0.05, 0.1) is 36.6 Å². The Morgan fingerprint density at radius 2 is 1.82 bits per heavy atom. The van der Waals surface area contributed by atoms with E-state index in [0.717, 1.165) is 31.2 Å². The van der Waals surface area contributed by atoms with Gasteiger partial charge >= 0.3 is 6.09 Å². The molecule has 40 heavy (non-hydrogen) atoms. The number of benzene rings is 2. The fourth-order valence-electron chi connectivity index (χ4n) is 5.63. The van der Waals surface area contributed by atoms with Crippen molar-refractivity contribution in [3.05, 3.63) is 80.8 Å². The number of carbonyl (C=O) groups excluding carboxylic acids is 2. The number of ether oxygens (including phenoxy) is 1. The van der Waals surface area contributed by atoms with E-state index in [1.54, 1.807) is 35.0 Å². The largest absolute Gasteiger partial charge is 0.453 e. The Hall–Kier alpha value is -3.36. The third-order valence-electron chi connectivity index (χ3n) is 7.71. The average Bonchev–Trinajstić information content (AvgIpc) is 3.34. The van der Waals surface area contributed by atoms with Gasteiger partial charge in [-0.25, -0.2) is 13.9 Å². The SMILES string of the molecule is COC(=O)N1C/C(=C\c2ccc(F)cc2)c2c(c(C(=O)NC(C)C3CCCCC3)nn2-c2ccc(Cl)cc2Cl)C1. The van der Waals surface area contributed by atoms with Gasteiger partial charge in [-0.2, -0.15) is 5.10 Å². The molecular formula is C30H31Cl2FN4O3. The molecule has 2 heterocycles. The van der Waals surface area contributed by atoms with Gasteiger partial charge in [0.15, 0.2) is 5.69 Å². The van der Waals surface area contributed by atoms with Gasteiger partial charge in [0.2, 0.25) is 0 Å². The van der Waals surface area contributed by atoms with Crippen molar-refractivity contribution in [3.63, 3.8) is 0 Å². The average molecular weight is 586 g/mol. The summed E-state index contributed by atoms with van der Waals surface area (Å²) in [5.74, 6) is -0.264. The number of nitrogens with one attached hydrogen (secondary N) is 1. The Bertz CT molecular complexity index is 1450. The summed E-state index contributed by atoms with van der Waals surface area (Å²) in [6.45, 7) is 2.34. The molecule has 1 aromatic heterocycles. The van der Waals surface area contributed by atoms with Gasteiger partial charge in [0, 0.05) is 16.6 Å². The van der Waals surface area contributed by atoms with E-state index < -0.39 is 6.09 Å². The van der Waals surface area contributed by atoms with E-state index in [0.29, 0.717) is 38.5 Å². The van der Waals surface area contributed by atoms with Crippen LogP contribution in [0.1, 0.15) is 66.3 Å². The summed E-state index contributed by atoms with van der Waals surface area (Å²) in [5.41, 5.74) is 3.38. The fraction of sp³-hybridized carbons (Fsp3) is 0.367. The second-order valence-electron chi connectivity index (χ2n) is 10.4. The topological polar surface area (TPSA) is 76.5 Å². The van der Waals surface area contributed by atoms with Crippen LogP contribution in [0.5, 0.6) is 0 Å². The van der Waals surface area contributed by atoms with Gasteiger partial charge in [0.1, 0.15) is 5.82 Å². The third-order valence-corrected chi connectivity index (χ3v) is 8.25. The summed E-state index contributed by atoms with van der Waals surface area (Å²) in [6, 6.07) is 11.1. The lowest BCUT2D eigenvalue weighted by Gasteiger charge is -2.29. The number of aromatic nitrogens is 2. The lowest BCUT2D eigenvalue weighted by molar-refractivity contribution is 0.0909. The van der Waals surface area contributed by atoms with E-state index in [2.05, 4.69) is 5.32 Å². The number of amides is 2. The number of rotatable bonds is 5. The highest BCUT2D eigenvalue weighted by Crippen LogP contribution is 2.36. The second kappa shape index (κ2) is 12.0. The van der Waals surface area contributed by atoms with E-state index >= 15 is 0 Å². The number of nitrogens with zero attached hydrogens (tertiary/aromatic N) is 3. The van der Waals surface area contributed by atoms with Crippen molar-refractivity contribution >= 4 is 46.9 Å². The molecule has 1 N–H and O–H groups in total. The summed E-state index contributed by atoms with van der Waals surface area (Å²) in [6.07, 6.45) is 7.02. The molecule has 1 aliphatic heterocycles. The molecule has 1 atom stereocenters. The molecule has 1 saturated carbocycles.